The molecule has 2 amide bonds. The fourth-order valence-electron chi connectivity index (χ4n) is 3.42. The first-order chi connectivity index (χ1) is 17.5. The van der Waals surface area contributed by atoms with Gasteiger partial charge in [0, 0.05) is 42.6 Å². The molecule has 0 atom stereocenters. The van der Waals surface area contributed by atoms with Crippen LogP contribution < -0.4 is 21.3 Å². The molecule has 1 heterocycles. The number of amides is 2. The quantitative estimate of drug-likeness (QED) is 0.281. The maximum absolute atomic E-state index is 12.4. The van der Waals surface area contributed by atoms with Crippen molar-refractivity contribution >= 4 is 40.6 Å². The average Bonchev–Trinajstić information content (AvgIpc) is 2.91. The number of carbonyl (C=O) groups is 2. The van der Waals surface area contributed by atoms with Crippen LogP contribution >= 0.6 is 0 Å². The van der Waals surface area contributed by atoms with Gasteiger partial charge in [0.2, 0.25) is 5.95 Å². The minimum Gasteiger partial charge on any atom is -0.355 e. The van der Waals surface area contributed by atoms with E-state index < -0.39 is 0 Å². The number of rotatable bonds is 12. The lowest BCUT2D eigenvalue weighted by Crippen LogP contribution is -2.34. The van der Waals surface area contributed by atoms with Crippen LogP contribution in [0, 0.1) is 4.91 Å². The van der Waals surface area contributed by atoms with E-state index >= 15 is 0 Å². The van der Waals surface area contributed by atoms with Gasteiger partial charge in [-0.25, -0.2) is 4.98 Å². The number of carbonyl (C=O) groups excluding carboxylic acids is 2. The highest BCUT2D eigenvalue weighted by Crippen LogP contribution is 2.27. The molecular weight excluding hydrogens is 460 g/mol. The molecule has 0 saturated carbocycles. The Bertz CT molecular complexity index is 1200. The number of anilines is 4. The van der Waals surface area contributed by atoms with E-state index in [1.54, 1.807) is 55.6 Å². The first-order valence-corrected chi connectivity index (χ1v) is 11.6. The molecule has 0 aliphatic rings. The number of benzene rings is 2. The van der Waals surface area contributed by atoms with Crippen molar-refractivity contribution in [3.63, 3.8) is 0 Å². The summed E-state index contributed by atoms with van der Waals surface area (Å²) in [5.41, 5.74) is 2.23. The van der Waals surface area contributed by atoms with Gasteiger partial charge in [-0.3, -0.25) is 9.59 Å². The topological polar surface area (TPSA) is 141 Å². The monoisotopic (exact) mass is 490 g/mol. The summed E-state index contributed by atoms with van der Waals surface area (Å²) in [6.45, 7) is 7.44. The van der Waals surface area contributed by atoms with E-state index in [4.69, 9.17) is 0 Å². The number of aromatic nitrogens is 2. The first kappa shape index (κ1) is 26.2. The summed E-state index contributed by atoms with van der Waals surface area (Å²) >= 11 is 0. The number of nitrogens with one attached hydrogen (secondary N) is 4. The van der Waals surface area contributed by atoms with E-state index in [9.17, 15) is 14.5 Å². The number of hydrogen-bond acceptors (Lipinski definition) is 9. The van der Waals surface area contributed by atoms with Crippen LogP contribution in [0.25, 0.3) is 0 Å². The van der Waals surface area contributed by atoms with Crippen molar-refractivity contribution in [3.8, 4) is 0 Å². The van der Waals surface area contributed by atoms with Gasteiger partial charge >= 0.3 is 0 Å². The van der Waals surface area contributed by atoms with Crippen LogP contribution in [0.4, 0.5) is 28.8 Å². The van der Waals surface area contributed by atoms with E-state index in [1.165, 1.54) is 6.20 Å². The zero-order chi connectivity index (χ0) is 25.9. The van der Waals surface area contributed by atoms with Crippen LogP contribution in [0.3, 0.4) is 0 Å². The molecule has 0 spiro atoms. The smallest absolute Gasteiger partial charge is 0.251 e. The van der Waals surface area contributed by atoms with Crippen molar-refractivity contribution in [3.05, 3.63) is 70.8 Å². The Morgan fingerprint density at radius 2 is 1.69 bits per heavy atom. The Balaban J connectivity index is 1.67. The zero-order valence-electron chi connectivity index (χ0n) is 20.5. The molecule has 0 bridgehead atoms. The lowest BCUT2D eigenvalue weighted by molar-refractivity contribution is 0.0945. The van der Waals surface area contributed by atoms with Crippen LogP contribution in [0.1, 0.15) is 34.6 Å². The maximum atomic E-state index is 12.4. The largest absolute Gasteiger partial charge is 0.355 e. The predicted molar refractivity (Wildman–Crippen MR) is 140 cm³/mol. The Kier molecular flexibility index (Phi) is 9.40. The third-order valence-electron chi connectivity index (χ3n) is 5.49. The summed E-state index contributed by atoms with van der Waals surface area (Å²) in [6.07, 6.45) is 1.30. The minimum absolute atomic E-state index is 0.0163. The van der Waals surface area contributed by atoms with E-state index in [0.29, 0.717) is 29.0 Å². The summed E-state index contributed by atoms with van der Waals surface area (Å²) in [4.78, 5) is 46.3. The average molecular weight is 491 g/mol. The molecule has 11 nitrogen and oxygen atoms in total. The van der Waals surface area contributed by atoms with Gasteiger partial charge in [-0.15, -0.1) is 4.91 Å². The zero-order valence-corrected chi connectivity index (χ0v) is 20.5. The summed E-state index contributed by atoms with van der Waals surface area (Å²) in [7, 11) is 1.55. The van der Waals surface area contributed by atoms with E-state index in [-0.39, 0.29) is 29.3 Å². The standard InChI is InChI=1S/C25H30N8O3/c1-4-33(5-2)14-13-27-24(35)17-9-11-19(12-10-17)30-25-28-16-21(32-36)22(31-25)29-20-8-6-7-18(15-20)23(34)26-3/h6-12,15-16H,4-5,13-14H2,1-3H3,(H,26,34)(H,27,35)(H2,28,29,30,31). The van der Waals surface area contributed by atoms with Crippen molar-refractivity contribution in [1.29, 1.82) is 0 Å². The van der Waals surface area contributed by atoms with Crippen LogP contribution in [-0.4, -0.2) is 59.9 Å². The lowest BCUT2D eigenvalue weighted by atomic mass is 10.2. The molecule has 0 aliphatic heterocycles. The molecule has 3 aromatic rings. The maximum Gasteiger partial charge on any atom is 0.251 e. The van der Waals surface area contributed by atoms with Gasteiger partial charge in [-0.1, -0.05) is 19.9 Å². The van der Waals surface area contributed by atoms with Crippen LogP contribution in [0.15, 0.2) is 59.9 Å². The number of nitroso groups, excluding NO2 is 1. The highest BCUT2D eigenvalue weighted by molar-refractivity contribution is 5.95. The Morgan fingerprint density at radius 1 is 0.944 bits per heavy atom. The van der Waals surface area contributed by atoms with Crippen LogP contribution in [0.5, 0.6) is 0 Å². The fraction of sp³-hybridized carbons (Fsp3) is 0.280. The fourth-order valence-corrected chi connectivity index (χ4v) is 3.42. The number of hydrogen-bond donors (Lipinski definition) is 4. The van der Waals surface area contributed by atoms with Gasteiger partial charge in [0.15, 0.2) is 11.5 Å². The number of likely N-dealkylation sites (N-methyl/N-ethyl adjacent to an activating group) is 1. The summed E-state index contributed by atoms with van der Waals surface area (Å²) in [6, 6.07) is 13.7. The Morgan fingerprint density at radius 3 is 2.36 bits per heavy atom. The highest BCUT2D eigenvalue weighted by Gasteiger charge is 2.11. The SMILES string of the molecule is CCN(CC)CCNC(=O)c1ccc(Nc2ncc(N=O)c(Nc3cccc(C(=O)NC)c3)n2)cc1. The molecule has 0 saturated heterocycles. The second kappa shape index (κ2) is 12.9. The van der Waals surface area contributed by atoms with E-state index in [0.717, 1.165) is 19.6 Å². The van der Waals surface area contributed by atoms with Gasteiger partial charge in [-0.2, -0.15) is 4.98 Å². The van der Waals surface area contributed by atoms with Crippen molar-refractivity contribution in [2.24, 2.45) is 5.18 Å². The first-order valence-electron chi connectivity index (χ1n) is 11.6. The van der Waals surface area contributed by atoms with Crippen molar-refractivity contribution < 1.29 is 9.59 Å². The minimum atomic E-state index is -0.238. The molecule has 0 aliphatic carbocycles. The van der Waals surface area contributed by atoms with E-state index in [2.05, 4.69) is 55.2 Å². The molecule has 36 heavy (non-hydrogen) atoms. The highest BCUT2D eigenvalue weighted by atomic mass is 16.3. The molecule has 4 N–H and O–H groups in total. The molecule has 1 aromatic heterocycles. The molecule has 188 valence electrons. The summed E-state index contributed by atoms with van der Waals surface area (Å²) < 4.78 is 0. The summed E-state index contributed by atoms with van der Waals surface area (Å²) in [5.74, 6) is 0.0276. The second-order valence-corrected chi connectivity index (χ2v) is 7.79. The molecule has 0 fully saturated rings. The molecule has 11 heteroatoms. The van der Waals surface area contributed by atoms with Gasteiger partial charge in [0.25, 0.3) is 11.8 Å². The second-order valence-electron chi connectivity index (χ2n) is 7.79. The van der Waals surface area contributed by atoms with Gasteiger partial charge in [0.05, 0.1) is 6.20 Å². The molecule has 0 radical (unpaired) electrons. The van der Waals surface area contributed by atoms with Gasteiger partial charge in [-0.05, 0) is 60.7 Å². The van der Waals surface area contributed by atoms with E-state index in [1.807, 2.05) is 0 Å². The van der Waals surface area contributed by atoms with Crippen LogP contribution in [-0.2, 0) is 0 Å². The van der Waals surface area contributed by atoms with Crippen LogP contribution in [0.2, 0.25) is 0 Å². The Labute approximate surface area is 209 Å². The number of nitrogens with zero attached hydrogens (tertiary/aromatic N) is 4. The normalized spacial score (nSPS) is 10.6. The lowest BCUT2D eigenvalue weighted by Gasteiger charge is -2.18. The molecule has 2 aromatic carbocycles. The Hall–Kier alpha value is -4.38. The third-order valence-corrected chi connectivity index (χ3v) is 5.49. The molecular formula is C25H30N8O3. The van der Waals surface area contributed by atoms with Crippen molar-refractivity contribution in [1.82, 2.24) is 25.5 Å². The van der Waals surface area contributed by atoms with Gasteiger partial charge in [0.1, 0.15) is 0 Å². The van der Waals surface area contributed by atoms with Crippen molar-refractivity contribution in [2.75, 3.05) is 43.9 Å². The van der Waals surface area contributed by atoms with Crippen molar-refractivity contribution in [2.45, 2.75) is 13.8 Å². The molecule has 3 rings (SSSR count). The summed E-state index contributed by atoms with van der Waals surface area (Å²) in [5, 5.41) is 14.5. The van der Waals surface area contributed by atoms with Gasteiger partial charge < -0.3 is 26.2 Å². The predicted octanol–water partition coefficient (Wildman–Crippen LogP) is 3.79. The molecule has 0 unspecified atom stereocenters. The third kappa shape index (κ3) is 7.06.